The Labute approximate surface area is 156 Å². The second kappa shape index (κ2) is 18.0. The molecule has 0 heterocycles. The third kappa shape index (κ3) is 15.2. The van der Waals surface area contributed by atoms with Crippen molar-refractivity contribution in [2.24, 2.45) is 5.73 Å². The van der Waals surface area contributed by atoms with E-state index in [0.29, 0.717) is 12.2 Å². The molecule has 3 heteroatoms. The number of nitrogens with two attached hydrogens (primary N) is 1. The molecule has 1 atom stereocenters. The highest BCUT2D eigenvalue weighted by molar-refractivity contribution is 5.92. The maximum Gasteiger partial charge on any atom is 0.246 e. The number of unbranched alkanes of at least 4 members (excludes halogenated alkanes) is 13. The van der Waals surface area contributed by atoms with E-state index in [1.54, 1.807) is 0 Å². The zero-order chi connectivity index (χ0) is 18.8. The number of hydrogen-bond donors (Lipinski definition) is 1. The van der Waals surface area contributed by atoms with Crippen LogP contribution in [-0.2, 0) is 9.53 Å². The summed E-state index contributed by atoms with van der Waals surface area (Å²) in [5, 5.41) is 0. The van der Waals surface area contributed by atoms with E-state index in [9.17, 15) is 4.79 Å². The van der Waals surface area contributed by atoms with Crippen molar-refractivity contribution in [1.82, 2.24) is 0 Å². The number of carbonyl (C=O) groups is 1. The Hall–Kier alpha value is -0.830. The largest absolute Gasteiger partial charge is 0.373 e. The Morgan fingerprint density at radius 1 is 0.800 bits per heavy atom. The van der Waals surface area contributed by atoms with E-state index in [1.807, 2.05) is 6.92 Å². The quantitative estimate of drug-likeness (QED) is 0.219. The van der Waals surface area contributed by atoms with Crippen molar-refractivity contribution in [3.05, 3.63) is 12.2 Å². The maximum atomic E-state index is 11.1. The first kappa shape index (κ1) is 24.2. The van der Waals surface area contributed by atoms with Crippen LogP contribution in [0.2, 0.25) is 0 Å². The predicted octanol–water partition coefficient (Wildman–Crippen LogP) is 6.30. The molecule has 0 aliphatic rings. The van der Waals surface area contributed by atoms with Crippen LogP contribution in [0.1, 0.15) is 110 Å². The van der Waals surface area contributed by atoms with Crippen molar-refractivity contribution < 1.29 is 9.53 Å². The van der Waals surface area contributed by atoms with Crippen LogP contribution in [0.25, 0.3) is 0 Å². The molecule has 0 bridgehead atoms. The topological polar surface area (TPSA) is 52.3 Å². The summed E-state index contributed by atoms with van der Waals surface area (Å²) in [7, 11) is 0. The van der Waals surface area contributed by atoms with Gasteiger partial charge in [0.25, 0.3) is 0 Å². The average molecular weight is 354 g/mol. The smallest absolute Gasteiger partial charge is 0.246 e. The first-order chi connectivity index (χ1) is 12.1. The fraction of sp³-hybridized carbons (Fsp3) is 0.864. The van der Waals surface area contributed by atoms with Gasteiger partial charge in [0.1, 0.15) is 0 Å². The van der Waals surface area contributed by atoms with Crippen molar-refractivity contribution >= 4 is 5.91 Å². The highest BCUT2D eigenvalue weighted by Crippen LogP contribution is 2.14. The van der Waals surface area contributed by atoms with Gasteiger partial charge in [0.15, 0.2) is 0 Å². The molecule has 0 spiro atoms. The highest BCUT2D eigenvalue weighted by Gasteiger charge is 2.14. The SMILES string of the molecule is C=C(C(N)=O)C(CC)OCCCCCCCCCCCCCCCC. The zero-order valence-corrected chi connectivity index (χ0v) is 17.0. The summed E-state index contributed by atoms with van der Waals surface area (Å²) in [5.74, 6) is -0.451. The molecular weight excluding hydrogens is 310 g/mol. The van der Waals surface area contributed by atoms with E-state index in [-0.39, 0.29) is 6.10 Å². The molecule has 0 aromatic carbocycles. The molecule has 0 radical (unpaired) electrons. The molecule has 3 nitrogen and oxygen atoms in total. The van der Waals surface area contributed by atoms with Gasteiger partial charge < -0.3 is 10.5 Å². The van der Waals surface area contributed by atoms with Crippen LogP contribution in [0.15, 0.2) is 12.2 Å². The molecule has 2 N–H and O–H groups in total. The van der Waals surface area contributed by atoms with E-state index >= 15 is 0 Å². The fourth-order valence-corrected chi connectivity index (χ4v) is 3.15. The maximum absolute atomic E-state index is 11.1. The molecule has 1 unspecified atom stereocenters. The number of amides is 1. The van der Waals surface area contributed by atoms with Gasteiger partial charge in [-0.25, -0.2) is 0 Å². The zero-order valence-electron chi connectivity index (χ0n) is 17.0. The Balaban J connectivity index is 3.28. The number of hydrogen-bond acceptors (Lipinski definition) is 2. The van der Waals surface area contributed by atoms with Gasteiger partial charge in [-0.3, -0.25) is 4.79 Å². The van der Waals surface area contributed by atoms with Crippen LogP contribution in [0, 0.1) is 0 Å². The summed E-state index contributed by atoms with van der Waals surface area (Å²) < 4.78 is 5.72. The van der Waals surface area contributed by atoms with Crippen LogP contribution in [0.4, 0.5) is 0 Å². The van der Waals surface area contributed by atoms with Gasteiger partial charge in [0.05, 0.1) is 6.10 Å². The van der Waals surface area contributed by atoms with Gasteiger partial charge in [-0.15, -0.1) is 0 Å². The van der Waals surface area contributed by atoms with E-state index < -0.39 is 5.91 Å². The van der Waals surface area contributed by atoms with Crippen LogP contribution in [-0.4, -0.2) is 18.6 Å². The predicted molar refractivity (Wildman–Crippen MR) is 109 cm³/mol. The lowest BCUT2D eigenvalue weighted by molar-refractivity contribution is -0.116. The average Bonchev–Trinajstić information content (AvgIpc) is 2.61. The molecule has 0 aromatic heterocycles. The molecule has 0 aliphatic heterocycles. The van der Waals surface area contributed by atoms with E-state index in [2.05, 4.69) is 13.5 Å². The lowest BCUT2D eigenvalue weighted by atomic mass is 10.0. The molecule has 0 saturated carbocycles. The first-order valence-corrected chi connectivity index (χ1v) is 10.7. The summed E-state index contributed by atoms with van der Waals surface area (Å²) in [6.45, 7) is 8.68. The lowest BCUT2D eigenvalue weighted by Gasteiger charge is -2.16. The van der Waals surface area contributed by atoms with E-state index in [1.165, 1.54) is 83.5 Å². The molecular formula is C22H43NO2. The lowest BCUT2D eigenvalue weighted by Crippen LogP contribution is -2.25. The van der Waals surface area contributed by atoms with Crippen molar-refractivity contribution in [3.8, 4) is 0 Å². The van der Waals surface area contributed by atoms with E-state index in [4.69, 9.17) is 10.5 Å². The van der Waals surface area contributed by atoms with Gasteiger partial charge in [0.2, 0.25) is 5.91 Å². The fourth-order valence-electron chi connectivity index (χ4n) is 3.15. The minimum atomic E-state index is -0.451. The molecule has 0 aliphatic carbocycles. The number of primary amides is 1. The summed E-state index contributed by atoms with van der Waals surface area (Å²) in [5.41, 5.74) is 5.65. The number of rotatable bonds is 19. The molecule has 25 heavy (non-hydrogen) atoms. The molecule has 0 saturated heterocycles. The minimum Gasteiger partial charge on any atom is -0.373 e. The second-order valence-electron chi connectivity index (χ2n) is 7.25. The molecule has 0 rings (SSSR count). The second-order valence-corrected chi connectivity index (χ2v) is 7.25. The van der Waals surface area contributed by atoms with Crippen molar-refractivity contribution in [1.29, 1.82) is 0 Å². The van der Waals surface area contributed by atoms with Gasteiger partial charge >= 0.3 is 0 Å². The molecule has 0 fully saturated rings. The summed E-state index contributed by atoms with van der Waals surface area (Å²) in [6, 6.07) is 0. The Kier molecular flexibility index (Phi) is 17.4. The number of ether oxygens (including phenoxy) is 1. The van der Waals surface area contributed by atoms with Crippen LogP contribution in [0.5, 0.6) is 0 Å². The molecule has 1 amide bonds. The van der Waals surface area contributed by atoms with Crippen LogP contribution >= 0.6 is 0 Å². The number of carbonyl (C=O) groups excluding carboxylic acids is 1. The normalized spacial score (nSPS) is 12.2. The van der Waals surface area contributed by atoms with Gasteiger partial charge in [-0.1, -0.05) is 104 Å². The first-order valence-electron chi connectivity index (χ1n) is 10.7. The third-order valence-corrected chi connectivity index (χ3v) is 4.89. The monoisotopic (exact) mass is 353 g/mol. The van der Waals surface area contributed by atoms with Crippen molar-refractivity contribution in [3.63, 3.8) is 0 Å². The van der Waals surface area contributed by atoms with Gasteiger partial charge in [-0.05, 0) is 12.8 Å². The Bertz CT molecular complexity index is 328. The summed E-state index contributed by atoms with van der Waals surface area (Å²) in [6.07, 6.45) is 19.5. The van der Waals surface area contributed by atoms with Crippen molar-refractivity contribution in [2.45, 2.75) is 116 Å². The molecule has 0 aromatic rings. The Morgan fingerprint density at radius 2 is 1.20 bits per heavy atom. The Morgan fingerprint density at radius 3 is 1.56 bits per heavy atom. The standard InChI is InChI=1S/C22H43NO2/c1-4-6-7-8-9-10-11-12-13-14-15-16-17-18-19-25-21(5-2)20(3)22(23)24/h21H,3-19H2,1-2H3,(H2,23,24). The third-order valence-electron chi connectivity index (χ3n) is 4.89. The van der Waals surface area contributed by atoms with Crippen LogP contribution < -0.4 is 5.73 Å². The summed E-state index contributed by atoms with van der Waals surface area (Å²) >= 11 is 0. The van der Waals surface area contributed by atoms with E-state index in [0.717, 1.165) is 12.8 Å². The summed E-state index contributed by atoms with van der Waals surface area (Å²) in [4.78, 5) is 11.1. The minimum absolute atomic E-state index is 0.209. The van der Waals surface area contributed by atoms with Crippen LogP contribution in [0.3, 0.4) is 0 Å². The van der Waals surface area contributed by atoms with Crippen molar-refractivity contribution in [2.75, 3.05) is 6.61 Å². The van der Waals surface area contributed by atoms with Gasteiger partial charge in [-0.2, -0.15) is 0 Å². The van der Waals surface area contributed by atoms with Gasteiger partial charge in [0, 0.05) is 12.2 Å². The highest BCUT2D eigenvalue weighted by atomic mass is 16.5. The molecule has 148 valence electrons.